The van der Waals surface area contributed by atoms with Crippen LogP contribution in [0, 0.1) is 13.8 Å². The monoisotopic (exact) mass is 396 g/mol. The largest absolute Gasteiger partial charge is 0.496 e. The van der Waals surface area contributed by atoms with Gasteiger partial charge in [-0.15, -0.1) is 11.8 Å². The van der Waals surface area contributed by atoms with E-state index in [2.05, 4.69) is 9.97 Å². The second-order valence-electron chi connectivity index (χ2n) is 6.70. The summed E-state index contributed by atoms with van der Waals surface area (Å²) in [6.07, 6.45) is 6.98. The summed E-state index contributed by atoms with van der Waals surface area (Å²) in [7, 11) is 5.57. The van der Waals surface area contributed by atoms with Crippen molar-refractivity contribution in [3.05, 3.63) is 58.4 Å². The van der Waals surface area contributed by atoms with E-state index in [9.17, 15) is 4.79 Å². The summed E-state index contributed by atoms with van der Waals surface area (Å²) in [6, 6.07) is 5.81. The van der Waals surface area contributed by atoms with Crippen molar-refractivity contribution in [1.29, 1.82) is 0 Å². The fraction of sp³-hybridized carbons (Fsp3) is 0.286. The number of nitrogens with zero attached hydrogens (tertiary/aromatic N) is 4. The number of methoxy groups -OCH3 is 1. The van der Waals surface area contributed by atoms with Crippen LogP contribution in [0.3, 0.4) is 0 Å². The molecule has 0 radical (unpaired) electrons. The van der Waals surface area contributed by atoms with E-state index in [0.29, 0.717) is 10.6 Å². The van der Waals surface area contributed by atoms with Crippen molar-refractivity contribution in [2.45, 2.75) is 18.7 Å². The molecule has 3 aromatic rings. The smallest absolute Gasteiger partial charge is 0.272 e. The quantitative estimate of drug-likeness (QED) is 0.613. The molecule has 0 saturated heterocycles. The number of thioether (sulfide) groups is 1. The highest BCUT2D eigenvalue weighted by molar-refractivity contribution is 7.98. The third kappa shape index (κ3) is 3.49. The Bertz CT molecular complexity index is 1080. The summed E-state index contributed by atoms with van der Waals surface area (Å²) in [5.41, 5.74) is 5.06. The second-order valence-corrected chi connectivity index (χ2v) is 7.51. The Balaban J connectivity index is 2.23. The molecule has 0 aliphatic carbocycles. The maximum Gasteiger partial charge on any atom is 0.272 e. The highest BCUT2D eigenvalue weighted by Crippen LogP contribution is 2.32. The first-order chi connectivity index (χ1) is 13.4. The number of hydrogen-bond acceptors (Lipinski definition) is 6. The van der Waals surface area contributed by atoms with E-state index in [4.69, 9.17) is 4.74 Å². The topological polar surface area (TPSA) is 60.2 Å². The van der Waals surface area contributed by atoms with E-state index in [1.54, 1.807) is 30.4 Å². The molecule has 7 heteroatoms. The highest BCUT2D eigenvalue weighted by atomic mass is 32.2. The second kappa shape index (κ2) is 8.06. The summed E-state index contributed by atoms with van der Waals surface area (Å²) in [4.78, 5) is 24.8. The summed E-state index contributed by atoms with van der Waals surface area (Å²) >= 11 is 1.40. The van der Waals surface area contributed by atoms with Crippen LogP contribution in [0.2, 0.25) is 0 Å². The Hall–Kier alpha value is -2.80. The first kappa shape index (κ1) is 19.9. The van der Waals surface area contributed by atoms with Gasteiger partial charge in [-0.05, 0) is 49.4 Å². The number of anilines is 1. The van der Waals surface area contributed by atoms with E-state index in [0.717, 1.165) is 33.8 Å². The van der Waals surface area contributed by atoms with E-state index in [1.165, 1.54) is 11.8 Å². The predicted octanol–water partition coefficient (Wildman–Crippen LogP) is 3.71. The normalized spacial score (nSPS) is 10.8. The van der Waals surface area contributed by atoms with Crippen LogP contribution >= 0.6 is 11.8 Å². The maximum absolute atomic E-state index is 13.3. The lowest BCUT2D eigenvalue weighted by molar-refractivity contribution is 0.411. The molecular weight excluding hydrogens is 372 g/mol. The Morgan fingerprint density at radius 2 is 1.93 bits per heavy atom. The number of hydrogen-bond donors (Lipinski definition) is 0. The molecule has 0 aliphatic heterocycles. The van der Waals surface area contributed by atoms with Gasteiger partial charge in [0.1, 0.15) is 12.1 Å². The summed E-state index contributed by atoms with van der Waals surface area (Å²) in [5, 5.41) is 0. The van der Waals surface area contributed by atoms with Gasteiger partial charge in [-0.1, -0.05) is 0 Å². The third-order valence-corrected chi connectivity index (χ3v) is 5.42. The molecule has 3 rings (SSSR count). The predicted molar refractivity (Wildman–Crippen MR) is 115 cm³/mol. The molecule has 0 N–H and O–H groups in total. The van der Waals surface area contributed by atoms with Gasteiger partial charge in [0.15, 0.2) is 0 Å². The number of ether oxygens (including phenoxy) is 1. The summed E-state index contributed by atoms with van der Waals surface area (Å²) < 4.78 is 6.99. The lowest BCUT2D eigenvalue weighted by Gasteiger charge is -2.19. The Labute approximate surface area is 169 Å². The van der Waals surface area contributed by atoms with E-state index < -0.39 is 0 Å². The zero-order chi connectivity index (χ0) is 20.4. The van der Waals surface area contributed by atoms with Crippen LogP contribution in [0.5, 0.6) is 5.75 Å². The van der Waals surface area contributed by atoms with Gasteiger partial charge >= 0.3 is 0 Å². The van der Waals surface area contributed by atoms with Crippen molar-refractivity contribution >= 4 is 17.4 Å². The number of rotatable bonds is 5. The number of pyridine rings is 1. The maximum atomic E-state index is 13.3. The molecular formula is C21H24N4O2S. The van der Waals surface area contributed by atoms with Crippen LogP contribution in [-0.2, 0) is 0 Å². The van der Waals surface area contributed by atoms with Crippen molar-refractivity contribution in [2.24, 2.45) is 0 Å². The lowest BCUT2D eigenvalue weighted by Crippen LogP contribution is -2.22. The highest BCUT2D eigenvalue weighted by Gasteiger charge is 2.18. The van der Waals surface area contributed by atoms with Crippen molar-refractivity contribution in [3.8, 4) is 22.7 Å². The van der Waals surface area contributed by atoms with Crippen LogP contribution in [0.25, 0.3) is 16.9 Å². The fourth-order valence-electron chi connectivity index (χ4n) is 3.20. The van der Waals surface area contributed by atoms with Crippen LogP contribution in [0.1, 0.15) is 11.1 Å². The minimum atomic E-state index is -0.0984. The average molecular weight is 397 g/mol. The molecule has 0 spiro atoms. The zero-order valence-corrected chi connectivity index (χ0v) is 17.8. The molecule has 1 aromatic carbocycles. The van der Waals surface area contributed by atoms with Gasteiger partial charge in [-0.3, -0.25) is 14.3 Å². The van der Waals surface area contributed by atoms with Gasteiger partial charge < -0.3 is 9.64 Å². The van der Waals surface area contributed by atoms with E-state index in [1.807, 2.05) is 57.3 Å². The number of benzene rings is 1. The van der Waals surface area contributed by atoms with Gasteiger partial charge in [0, 0.05) is 37.7 Å². The average Bonchev–Trinajstić information content (AvgIpc) is 2.69. The van der Waals surface area contributed by atoms with Crippen LogP contribution < -0.4 is 15.2 Å². The standard InChI is InChI=1S/C21H24N4O2S/c1-13-10-18(27-5)14(2)9-17(13)25-12-23-19(20(28-6)21(25)26)15-11-22-8-7-16(15)24(3)4/h7-12H,1-6H3. The van der Waals surface area contributed by atoms with Gasteiger partial charge in [0.2, 0.25) is 0 Å². The van der Waals surface area contributed by atoms with Gasteiger partial charge in [-0.2, -0.15) is 0 Å². The SMILES string of the molecule is COc1cc(C)c(-n2cnc(-c3cnccc3N(C)C)c(SC)c2=O)cc1C. The van der Waals surface area contributed by atoms with Crippen molar-refractivity contribution in [2.75, 3.05) is 32.4 Å². The van der Waals surface area contributed by atoms with Gasteiger partial charge in [-0.25, -0.2) is 4.98 Å². The number of aryl methyl sites for hydroxylation is 2. The van der Waals surface area contributed by atoms with Crippen molar-refractivity contribution < 1.29 is 4.74 Å². The molecule has 0 amide bonds. The molecule has 0 aliphatic rings. The molecule has 6 nitrogen and oxygen atoms in total. The van der Waals surface area contributed by atoms with E-state index in [-0.39, 0.29) is 5.56 Å². The van der Waals surface area contributed by atoms with Crippen molar-refractivity contribution in [1.82, 2.24) is 14.5 Å². The molecule has 0 unspecified atom stereocenters. The molecule has 2 aromatic heterocycles. The number of aromatic nitrogens is 3. The Morgan fingerprint density at radius 1 is 1.18 bits per heavy atom. The molecule has 146 valence electrons. The molecule has 0 saturated carbocycles. The Morgan fingerprint density at radius 3 is 2.57 bits per heavy atom. The summed E-state index contributed by atoms with van der Waals surface area (Å²) in [6.45, 7) is 3.92. The van der Waals surface area contributed by atoms with E-state index >= 15 is 0 Å². The fourth-order valence-corrected chi connectivity index (χ4v) is 3.83. The molecule has 2 heterocycles. The first-order valence-corrected chi connectivity index (χ1v) is 10.0. The van der Waals surface area contributed by atoms with Crippen LogP contribution in [-0.4, -0.2) is 42.0 Å². The molecule has 0 bridgehead atoms. The summed E-state index contributed by atoms with van der Waals surface area (Å²) in [5.74, 6) is 0.801. The van der Waals surface area contributed by atoms with Gasteiger partial charge in [0.25, 0.3) is 5.56 Å². The Kier molecular flexibility index (Phi) is 5.74. The minimum Gasteiger partial charge on any atom is -0.496 e. The van der Waals surface area contributed by atoms with Crippen LogP contribution in [0.15, 0.2) is 46.6 Å². The molecule has 0 atom stereocenters. The minimum absolute atomic E-state index is 0.0984. The third-order valence-electron chi connectivity index (χ3n) is 4.64. The molecule has 28 heavy (non-hydrogen) atoms. The lowest BCUT2D eigenvalue weighted by atomic mass is 10.1. The van der Waals surface area contributed by atoms with Crippen molar-refractivity contribution in [3.63, 3.8) is 0 Å². The van der Waals surface area contributed by atoms with Crippen LogP contribution in [0.4, 0.5) is 5.69 Å². The van der Waals surface area contributed by atoms with Gasteiger partial charge in [0.05, 0.1) is 23.4 Å². The first-order valence-electron chi connectivity index (χ1n) is 8.82. The zero-order valence-electron chi connectivity index (χ0n) is 17.0. The molecule has 0 fully saturated rings.